The number of rotatable bonds is 2. The van der Waals surface area contributed by atoms with Gasteiger partial charge in [0.1, 0.15) is 5.69 Å². The van der Waals surface area contributed by atoms with Crippen LogP contribution >= 0.6 is 11.6 Å². The van der Waals surface area contributed by atoms with Gasteiger partial charge in [-0.2, -0.15) is 0 Å². The number of nitrogen functional groups attached to an aromatic ring is 1. The monoisotopic (exact) mass is 299 g/mol. The highest BCUT2D eigenvalue weighted by Crippen LogP contribution is 2.38. The molecule has 0 unspecified atom stereocenters. The van der Waals surface area contributed by atoms with Crippen molar-refractivity contribution < 1.29 is 4.92 Å². The van der Waals surface area contributed by atoms with Crippen LogP contribution in [0.2, 0.25) is 5.02 Å². The Morgan fingerprint density at radius 3 is 2.52 bits per heavy atom. The van der Waals surface area contributed by atoms with E-state index in [9.17, 15) is 10.1 Å². The molecule has 0 bridgehead atoms. The first-order valence-corrected chi connectivity index (χ1v) is 6.54. The van der Waals surface area contributed by atoms with Crippen molar-refractivity contribution in [2.24, 2.45) is 0 Å². The Bertz CT molecular complexity index is 850. The molecule has 0 radical (unpaired) electrons. The van der Waals surface area contributed by atoms with Crippen LogP contribution in [-0.2, 0) is 0 Å². The van der Waals surface area contributed by atoms with Crippen LogP contribution in [0.3, 0.4) is 0 Å². The topological polar surface area (TPSA) is 82.0 Å². The Hall–Kier alpha value is -2.66. The van der Waals surface area contributed by atoms with Crippen LogP contribution in [0.4, 0.5) is 11.4 Å². The van der Waals surface area contributed by atoms with Gasteiger partial charge in [0, 0.05) is 16.0 Å². The second kappa shape index (κ2) is 5.03. The molecule has 1 aromatic heterocycles. The summed E-state index contributed by atoms with van der Waals surface area (Å²) in [4.78, 5) is 15.3. The smallest absolute Gasteiger partial charge is 0.318 e. The number of nitro groups is 1. The normalized spacial score (nSPS) is 10.7. The lowest BCUT2D eigenvalue weighted by Crippen LogP contribution is -2.02. The summed E-state index contributed by atoms with van der Waals surface area (Å²) in [6.45, 7) is 0. The molecule has 0 aliphatic carbocycles. The van der Waals surface area contributed by atoms with Crippen molar-refractivity contribution in [2.45, 2.75) is 0 Å². The number of pyridine rings is 1. The number of nitrogens with zero attached hydrogens (tertiary/aromatic N) is 2. The van der Waals surface area contributed by atoms with E-state index in [1.165, 1.54) is 0 Å². The van der Waals surface area contributed by atoms with Gasteiger partial charge in [-0.3, -0.25) is 10.1 Å². The first-order chi connectivity index (χ1) is 10.1. The second-order valence-corrected chi connectivity index (χ2v) is 4.94. The molecule has 0 aliphatic rings. The third-order valence-electron chi connectivity index (χ3n) is 3.19. The number of hydrogen-bond acceptors (Lipinski definition) is 4. The van der Waals surface area contributed by atoms with Crippen molar-refractivity contribution >= 4 is 33.9 Å². The second-order valence-electron chi connectivity index (χ2n) is 4.51. The van der Waals surface area contributed by atoms with Gasteiger partial charge >= 0.3 is 5.69 Å². The number of hydrogen-bond donors (Lipinski definition) is 1. The highest BCUT2D eigenvalue weighted by Gasteiger charge is 2.23. The van der Waals surface area contributed by atoms with Gasteiger partial charge in [-0.15, -0.1) is 0 Å². The first kappa shape index (κ1) is 13.3. The fourth-order valence-electron chi connectivity index (χ4n) is 2.24. The number of benzene rings is 2. The number of anilines is 1. The zero-order chi connectivity index (χ0) is 15.0. The maximum absolute atomic E-state index is 11.4. The fraction of sp³-hybridized carbons (Fsp3) is 0. The van der Waals surface area contributed by atoms with Crippen LogP contribution < -0.4 is 5.73 Å². The Morgan fingerprint density at radius 2 is 1.86 bits per heavy atom. The summed E-state index contributed by atoms with van der Waals surface area (Å²) < 4.78 is 0. The summed E-state index contributed by atoms with van der Waals surface area (Å²) in [6, 6.07) is 13.8. The highest BCUT2D eigenvalue weighted by atomic mass is 35.5. The molecule has 3 aromatic rings. The van der Waals surface area contributed by atoms with Crippen molar-refractivity contribution in [3.63, 3.8) is 0 Å². The summed E-state index contributed by atoms with van der Waals surface area (Å²) in [7, 11) is 0. The van der Waals surface area contributed by atoms with E-state index >= 15 is 0 Å². The summed E-state index contributed by atoms with van der Waals surface area (Å²) in [5, 5.41) is 12.4. The molecule has 1 heterocycles. The van der Waals surface area contributed by atoms with Crippen LogP contribution in [0.1, 0.15) is 0 Å². The number of halogens is 1. The van der Waals surface area contributed by atoms with Crippen molar-refractivity contribution in [1.82, 2.24) is 4.98 Å². The Labute approximate surface area is 125 Å². The maximum atomic E-state index is 11.4. The van der Waals surface area contributed by atoms with E-state index in [-0.39, 0.29) is 17.1 Å². The molecule has 0 atom stereocenters. The van der Waals surface area contributed by atoms with Gasteiger partial charge in [-0.25, -0.2) is 4.98 Å². The van der Waals surface area contributed by atoms with Crippen LogP contribution in [0.25, 0.3) is 22.2 Å². The molecule has 0 amide bonds. The first-order valence-electron chi connectivity index (χ1n) is 6.16. The summed E-state index contributed by atoms with van der Waals surface area (Å²) >= 11 is 5.96. The molecule has 21 heavy (non-hydrogen) atoms. The van der Waals surface area contributed by atoms with E-state index in [4.69, 9.17) is 17.3 Å². The summed E-state index contributed by atoms with van der Waals surface area (Å²) in [5.41, 5.74) is 7.31. The largest absolute Gasteiger partial charge is 0.393 e. The highest BCUT2D eigenvalue weighted by molar-refractivity contribution is 6.31. The molecule has 5 nitrogen and oxygen atoms in total. The van der Waals surface area contributed by atoms with E-state index in [0.29, 0.717) is 21.5 Å². The third-order valence-corrected chi connectivity index (χ3v) is 3.43. The van der Waals surface area contributed by atoms with E-state index < -0.39 is 4.92 Å². The van der Waals surface area contributed by atoms with Crippen LogP contribution in [-0.4, -0.2) is 9.91 Å². The number of fused-ring (bicyclic) bond motifs is 1. The molecule has 3 rings (SSSR count). The van der Waals surface area contributed by atoms with Crippen molar-refractivity contribution in [2.75, 3.05) is 5.73 Å². The fourth-order valence-corrected chi connectivity index (χ4v) is 2.40. The maximum Gasteiger partial charge on any atom is 0.318 e. The van der Waals surface area contributed by atoms with Gasteiger partial charge in [0.25, 0.3) is 0 Å². The van der Waals surface area contributed by atoms with E-state index in [1.54, 1.807) is 42.5 Å². The average molecular weight is 300 g/mol. The predicted molar refractivity (Wildman–Crippen MR) is 83.3 cm³/mol. The standard InChI is InChI=1S/C15H10ClN3O2/c16-10-6-7-11-12(8-10)18-14(9-4-2-1-3-5-9)15(13(11)17)19(20)21/h1-8H,(H2,17,18). The third kappa shape index (κ3) is 2.28. The molecule has 0 saturated heterocycles. The summed E-state index contributed by atoms with van der Waals surface area (Å²) in [5.74, 6) is 0. The summed E-state index contributed by atoms with van der Waals surface area (Å²) in [6.07, 6.45) is 0. The Kier molecular flexibility index (Phi) is 3.19. The molecule has 2 aromatic carbocycles. The lowest BCUT2D eigenvalue weighted by Gasteiger charge is -2.08. The molecular weight excluding hydrogens is 290 g/mol. The molecule has 0 saturated carbocycles. The van der Waals surface area contributed by atoms with E-state index in [0.717, 1.165) is 0 Å². The number of aromatic nitrogens is 1. The predicted octanol–water partition coefficient (Wildman–Crippen LogP) is 4.05. The van der Waals surface area contributed by atoms with Gasteiger partial charge in [-0.05, 0) is 18.2 Å². The van der Waals surface area contributed by atoms with Crippen LogP contribution in [0.15, 0.2) is 48.5 Å². The van der Waals surface area contributed by atoms with Crippen molar-refractivity contribution in [3.05, 3.63) is 63.7 Å². The van der Waals surface area contributed by atoms with Gasteiger partial charge in [0.2, 0.25) is 0 Å². The SMILES string of the molecule is Nc1c([N+](=O)[O-])c(-c2ccccc2)nc2cc(Cl)ccc12. The lowest BCUT2D eigenvalue weighted by molar-refractivity contribution is -0.383. The molecule has 6 heteroatoms. The van der Waals surface area contributed by atoms with Gasteiger partial charge < -0.3 is 5.73 Å². The number of nitrogens with two attached hydrogens (primary N) is 1. The van der Waals surface area contributed by atoms with Crippen LogP contribution in [0.5, 0.6) is 0 Å². The van der Waals surface area contributed by atoms with Gasteiger partial charge in [0.15, 0.2) is 5.69 Å². The Balaban J connectivity index is 2.42. The van der Waals surface area contributed by atoms with Gasteiger partial charge in [0.05, 0.1) is 10.4 Å². The van der Waals surface area contributed by atoms with E-state index in [2.05, 4.69) is 4.98 Å². The minimum Gasteiger partial charge on any atom is -0.393 e. The molecule has 104 valence electrons. The molecule has 0 spiro atoms. The van der Waals surface area contributed by atoms with Crippen molar-refractivity contribution in [3.8, 4) is 11.3 Å². The minimum absolute atomic E-state index is 0.0977. The molecule has 2 N–H and O–H groups in total. The minimum atomic E-state index is -0.501. The molecule has 0 fully saturated rings. The molecular formula is C15H10ClN3O2. The lowest BCUT2D eigenvalue weighted by atomic mass is 10.1. The zero-order valence-electron chi connectivity index (χ0n) is 10.8. The molecule has 0 aliphatic heterocycles. The van der Waals surface area contributed by atoms with Gasteiger partial charge in [-0.1, -0.05) is 41.9 Å². The average Bonchev–Trinajstić information content (AvgIpc) is 2.47. The van der Waals surface area contributed by atoms with Crippen molar-refractivity contribution in [1.29, 1.82) is 0 Å². The quantitative estimate of drug-likeness (QED) is 0.571. The van der Waals surface area contributed by atoms with Crippen LogP contribution in [0, 0.1) is 10.1 Å². The van der Waals surface area contributed by atoms with E-state index in [1.807, 2.05) is 6.07 Å². The zero-order valence-corrected chi connectivity index (χ0v) is 11.5. The Morgan fingerprint density at radius 1 is 1.14 bits per heavy atom.